The Morgan fingerprint density at radius 1 is 1.24 bits per heavy atom. The summed E-state index contributed by atoms with van der Waals surface area (Å²) in [5, 5.41) is 19.0. The molecule has 3 unspecified atom stereocenters. The molecule has 1 fully saturated rings. The van der Waals surface area contributed by atoms with Gasteiger partial charge >= 0.3 is 5.97 Å². The maximum atomic E-state index is 12.2. The second-order valence-electron chi connectivity index (χ2n) is 7.53. The second-order valence-corrected chi connectivity index (χ2v) is 7.53. The van der Waals surface area contributed by atoms with Crippen LogP contribution in [0.1, 0.15) is 56.9 Å². The first kappa shape index (κ1) is 22.9. The average Bonchev–Trinajstić information content (AvgIpc) is 3.12. The van der Waals surface area contributed by atoms with E-state index in [1.54, 1.807) is 0 Å². The first-order valence-corrected chi connectivity index (χ1v) is 10.4. The lowest BCUT2D eigenvalue weighted by Crippen LogP contribution is -2.17. The fourth-order valence-electron chi connectivity index (χ4n) is 3.51. The molecular formula is C22H31NO6. The van der Waals surface area contributed by atoms with Crippen LogP contribution in [0.15, 0.2) is 42.5 Å². The predicted octanol–water partition coefficient (Wildman–Crippen LogP) is 4.02. The highest BCUT2D eigenvalue weighted by molar-refractivity contribution is 5.69. The molecule has 0 amide bonds. The van der Waals surface area contributed by atoms with E-state index in [-0.39, 0.29) is 31.2 Å². The van der Waals surface area contributed by atoms with E-state index in [4.69, 9.17) is 4.74 Å². The van der Waals surface area contributed by atoms with Gasteiger partial charge in [0.25, 0.3) is 5.09 Å². The van der Waals surface area contributed by atoms with Crippen molar-refractivity contribution in [2.75, 3.05) is 6.61 Å². The molecule has 1 N–H and O–H groups in total. The summed E-state index contributed by atoms with van der Waals surface area (Å²) in [4.78, 5) is 26.6. The number of aryl methyl sites for hydroxylation is 1. The molecular weight excluding hydrogens is 374 g/mol. The van der Waals surface area contributed by atoms with Gasteiger partial charge in [-0.3, -0.25) is 4.79 Å². The number of carbonyl (C=O) groups excluding carboxylic acids is 1. The third kappa shape index (κ3) is 10.1. The van der Waals surface area contributed by atoms with E-state index < -0.39 is 5.09 Å². The maximum absolute atomic E-state index is 12.2. The van der Waals surface area contributed by atoms with Crippen LogP contribution in [0.4, 0.5) is 0 Å². The van der Waals surface area contributed by atoms with Gasteiger partial charge in [0.05, 0.1) is 12.7 Å². The molecule has 3 atom stereocenters. The van der Waals surface area contributed by atoms with Crippen molar-refractivity contribution in [3.05, 3.63) is 58.2 Å². The monoisotopic (exact) mass is 405 g/mol. The molecule has 1 saturated carbocycles. The van der Waals surface area contributed by atoms with Gasteiger partial charge in [-0.05, 0) is 62.5 Å². The molecule has 29 heavy (non-hydrogen) atoms. The number of hydrogen-bond donors (Lipinski definition) is 1. The zero-order chi connectivity index (χ0) is 20.9. The lowest BCUT2D eigenvalue weighted by molar-refractivity contribution is -0.757. The van der Waals surface area contributed by atoms with Gasteiger partial charge in [-0.15, -0.1) is 10.1 Å². The Labute approximate surface area is 171 Å². The number of carbonyl (C=O) groups is 1. The Balaban J connectivity index is 1.77. The minimum atomic E-state index is -0.804. The Kier molecular flexibility index (Phi) is 10.2. The molecule has 0 radical (unpaired) electrons. The fourth-order valence-corrected chi connectivity index (χ4v) is 3.51. The molecule has 0 bridgehead atoms. The molecule has 7 heteroatoms. The van der Waals surface area contributed by atoms with E-state index >= 15 is 0 Å². The normalized spacial score (nSPS) is 19.9. The number of aliphatic hydroxyl groups is 1. The SMILES string of the molecule is O=C(CCCCCO[N+](=O)[O-])OC(/C=C/C1CCC(O)C1)CCc1ccccc1. The molecule has 2 rings (SSSR count). The van der Waals surface area contributed by atoms with Crippen LogP contribution in [0.3, 0.4) is 0 Å². The van der Waals surface area contributed by atoms with Gasteiger partial charge < -0.3 is 14.7 Å². The molecule has 0 saturated heterocycles. The van der Waals surface area contributed by atoms with Crippen molar-refractivity contribution in [1.82, 2.24) is 0 Å². The topological polar surface area (TPSA) is 98.9 Å². The average molecular weight is 405 g/mol. The molecule has 1 aliphatic rings. The Bertz CT molecular complexity index is 648. The number of nitrogens with zero attached hydrogens (tertiary/aromatic N) is 1. The van der Waals surface area contributed by atoms with Crippen molar-refractivity contribution >= 4 is 5.97 Å². The van der Waals surface area contributed by atoms with Crippen molar-refractivity contribution in [2.24, 2.45) is 5.92 Å². The van der Waals surface area contributed by atoms with Crippen LogP contribution < -0.4 is 0 Å². The fraction of sp³-hybridized carbons (Fsp3) is 0.591. The molecule has 1 aromatic carbocycles. The van der Waals surface area contributed by atoms with Gasteiger partial charge in [0.2, 0.25) is 0 Å². The second kappa shape index (κ2) is 12.9. The number of aliphatic hydroxyl groups excluding tert-OH is 1. The van der Waals surface area contributed by atoms with Crippen LogP contribution >= 0.6 is 0 Å². The van der Waals surface area contributed by atoms with E-state index in [0.717, 1.165) is 25.7 Å². The number of esters is 1. The van der Waals surface area contributed by atoms with E-state index in [1.807, 2.05) is 24.3 Å². The van der Waals surface area contributed by atoms with Crippen LogP contribution in [-0.4, -0.2) is 35.0 Å². The summed E-state index contributed by atoms with van der Waals surface area (Å²) < 4.78 is 5.68. The Morgan fingerprint density at radius 3 is 2.72 bits per heavy atom. The molecule has 1 aromatic rings. The molecule has 0 aliphatic heterocycles. The number of allylic oxidation sites excluding steroid dienone is 1. The first-order valence-electron chi connectivity index (χ1n) is 10.4. The van der Waals surface area contributed by atoms with E-state index in [1.165, 1.54) is 5.56 Å². The zero-order valence-electron chi connectivity index (χ0n) is 16.8. The van der Waals surface area contributed by atoms with Crippen LogP contribution in [0.5, 0.6) is 0 Å². The number of hydrogen-bond acceptors (Lipinski definition) is 6. The van der Waals surface area contributed by atoms with Gasteiger partial charge in [0.1, 0.15) is 6.10 Å². The van der Waals surface area contributed by atoms with Crippen molar-refractivity contribution in [3.63, 3.8) is 0 Å². The van der Waals surface area contributed by atoms with E-state index in [2.05, 4.69) is 23.0 Å². The number of ether oxygens (including phenoxy) is 1. The van der Waals surface area contributed by atoms with Gasteiger partial charge in [-0.1, -0.05) is 42.8 Å². The molecule has 0 spiro atoms. The van der Waals surface area contributed by atoms with Crippen molar-refractivity contribution < 1.29 is 24.6 Å². The largest absolute Gasteiger partial charge is 0.458 e. The standard InChI is InChI=1S/C22H31NO6/c24-20-13-10-19(17-20)12-15-21(14-11-18-7-3-1-4-8-18)29-22(25)9-5-2-6-16-28-23(26)27/h1,3-4,7-8,12,15,19-21,24H,2,5-6,9-11,13-14,16-17H2/b15-12+. The van der Waals surface area contributed by atoms with Crippen LogP contribution in [0.2, 0.25) is 0 Å². The summed E-state index contributed by atoms with van der Waals surface area (Å²) in [5.74, 6) is 0.0823. The Hall–Kier alpha value is -2.41. The summed E-state index contributed by atoms with van der Waals surface area (Å²) >= 11 is 0. The van der Waals surface area contributed by atoms with Crippen LogP contribution in [-0.2, 0) is 20.8 Å². The van der Waals surface area contributed by atoms with E-state index in [0.29, 0.717) is 31.6 Å². The lowest BCUT2D eigenvalue weighted by atomic mass is 10.0. The number of benzene rings is 1. The third-order valence-corrected chi connectivity index (χ3v) is 5.11. The third-order valence-electron chi connectivity index (χ3n) is 5.11. The highest BCUT2D eigenvalue weighted by Gasteiger charge is 2.21. The summed E-state index contributed by atoms with van der Waals surface area (Å²) in [7, 11) is 0. The minimum absolute atomic E-state index is 0.0533. The van der Waals surface area contributed by atoms with Gasteiger partial charge in [0, 0.05) is 6.42 Å². The molecule has 7 nitrogen and oxygen atoms in total. The molecule has 1 aliphatic carbocycles. The highest BCUT2D eigenvalue weighted by atomic mass is 16.9. The van der Waals surface area contributed by atoms with Crippen LogP contribution in [0, 0.1) is 16.0 Å². The van der Waals surface area contributed by atoms with Gasteiger partial charge in [0.15, 0.2) is 0 Å². The van der Waals surface area contributed by atoms with Crippen molar-refractivity contribution in [3.8, 4) is 0 Å². The zero-order valence-corrected chi connectivity index (χ0v) is 16.8. The summed E-state index contributed by atoms with van der Waals surface area (Å²) in [6.07, 6.45) is 9.71. The number of rotatable bonds is 13. The lowest BCUT2D eigenvalue weighted by Gasteiger charge is -2.15. The van der Waals surface area contributed by atoms with E-state index in [9.17, 15) is 20.0 Å². The number of unbranched alkanes of at least 4 members (excludes halogenated alkanes) is 2. The summed E-state index contributed by atoms with van der Waals surface area (Å²) in [5.41, 5.74) is 1.20. The Morgan fingerprint density at radius 2 is 2.03 bits per heavy atom. The molecule has 160 valence electrons. The quantitative estimate of drug-likeness (QED) is 0.175. The summed E-state index contributed by atoms with van der Waals surface area (Å²) in [6.45, 7) is 0.0533. The van der Waals surface area contributed by atoms with Crippen molar-refractivity contribution in [1.29, 1.82) is 0 Å². The smallest absolute Gasteiger partial charge is 0.306 e. The maximum Gasteiger partial charge on any atom is 0.306 e. The minimum Gasteiger partial charge on any atom is -0.458 e. The summed E-state index contributed by atoms with van der Waals surface area (Å²) in [6, 6.07) is 10.1. The van der Waals surface area contributed by atoms with Gasteiger partial charge in [-0.25, -0.2) is 0 Å². The molecule has 0 aromatic heterocycles. The predicted molar refractivity (Wildman–Crippen MR) is 109 cm³/mol. The van der Waals surface area contributed by atoms with Gasteiger partial charge in [-0.2, -0.15) is 0 Å². The molecule has 0 heterocycles. The van der Waals surface area contributed by atoms with Crippen LogP contribution in [0.25, 0.3) is 0 Å². The van der Waals surface area contributed by atoms with Crippen molar-refractivity contribution in [2.45, 2.75) is 70.0 Å². The first-order chi connectivity index (χ1) is 14.0. The highest BCUT2D eigenvalue weighted by Crippen LogP contribution is 2.27.